The van der Waals surface area contributed by atoms with Crippen molar-refractivity contribution in [2.45, 2.75) is 105 Å². The van der Waals surface area contributed by atoms with Gasteiger partial charge in [-0.1, -0.05) is 85.6 Å². The molecular formula is C26H42OSi. The minimum absolute atomic E-state index is 0.695. The molecule has 0 bridgehead atoms. The Hall–Kier alpha value is -1.28. The molecule has 0 amide bonds. The summed E-state index contributed by atoms with van der Waals surface area (Å²) >= 11 is 0. The van der Waals surface area contributed by atoms with Crippen molar-refractivity contribution in [3.05, 3.63) is 46.4 Å². The van der Waals surface area contributed by atoms with Crippen molar-refractivity contribution in [2.75, 3.05) is 0 Å². The molecule has 0 atom stereocenters. The SMILES string of the molecule is CCCC1=C(CCC)c2cc(C)ccc2O/C1=C\[Si](C(C)C)(C(C)C)C(C)C. The van der Waals surface area contributed by atoms with Gasteiger partial charge in [0.05, 0.1) is 8.07 Å². The van der Waals surface area contributed by atoms with Gasteiger partial charge in [0.15, 0.2) is 0 Å². The summed E-state index contributed by atoms with van der Waals surface area (Å²) < 4.78 is 6.67. The van der Waals surface area contributed by atoms with E-state index in [1.54, 1.807) is 0 Å². The number of aryl methyl sites for hydroxylation is 1. The van der Waals surface area contributed by atoms with Gasteiger partial charge in [-0.15, -0.1) is 0 Å². The van der Waals surface area contributed by atoms with E-state index < -0.39 is 8.07 Å². The molecule has 1 aromatic rings. The first-order valence-electron chi connectivity index (χ1n) is 11.4. The lowest BCUT2D eigenvalue weighted by molar-refractivity contribution is 0.423. The molecule has 1 aliphatic heterocycles. The molecule has 2 rings (SSSR count). The van der Waals surface area contributed by atoms with Gasteiger partial charge in [0, 0.05) is 5.56 Å². The van der Waals surface area contributed by atoms with Crippen LogP contribution in [0.3, 0.4) is 0 Å². The van der Waals surface area contributed by atoms with E-state index in [0.717, 1.165) is 25.0 Å². The molecule has 1 heterocycles. The third-order valence-electron chi connectivity index (χ3n) is 6.72. The Labute approximate surface area is 175 Å². The van der Waals surface area contributed by atoms with Crippen molar-refractivity contribution in [3.8, 4) is 5.75 Å². The first-order valence-corrected chi connectivity index (χ1v) is 13.7. The molecule has 1 nitrogen and oxygen atoms in total. The zero-order chi connectivity index (χ0) is 21.1. The highest BCUT2D eigenvalue weighted by atomic mass is 28.3. The lowest BCUT2D eigenvalue weighted by atomic mass is 9.89. The highest BCUT2D eigenvalue weighted by molar-refractivity contribution is 6.88. The maximum atomic E-state index is 6.67. The molecule has 0 radical (unpaired) electrons. The van der Waals surface area contributed by atoms with E-state index in [-0.39, 0.29) is 0 Å². The monoisotopic (exact) mass is 398 g/mol. The molecule has 0 spiro atoms. The second-order valence-corrected chi connectivity index (χ2v) is 15.3. The molecular weight excluding hydrogens is 356 g/mol. The number of ether oxygens (including phenoxy) is 1. The topological polar surface area (TPSA) is 9.23 Å². The number of allylic oxidation sites excluding steroid dienone is 2. The van der Waals surface area contributed by atoms with Crippen LogP contribution >= 0.6 is 0 Å². The first kappa shape index (κ1) is 23.0. The molecule has 0 aromatic heterocycles. The predicted molar refractivity (Wildman–Crippen MR) is 128 cm³/mol. The van der Waals surface area contributed by atoms with Crippen molar-refractivity contribution in [3.63, 3.8) is 0 Å². The van der Waals surface area contributed by atoms with Crippen molar-refractivity contribution >= 4 is 13.6 Å². The van der Waals surface area contributed by atoms with Crippen LogP contribution in [0.5, 0.6) is 5.75 Å². The third kappa shape index (κ3) is 4.32. The summed E-state index contributed by atoms with van der Waals surface area (Å²) in [6.45, 7) is 21.3. The Morgan fingerprint density at radius 2 is 1.39 bits per heavy atom. The molecule has 0 aliphatic carbocycles. The summed E-state index contributed by atoms with van der Waals surface area (Å²) in [5, 5.41) is 0. The molecule has 0 fully saturated rings. The van der Waals surface area contributed by atoms with E-state index in [9.17, 15) is 0 Å². The van der Waals surface area contributed by atoms with E-state index in [1.807, 2.05) is 0 Å². The second-order valence-electron chi connectivity index (χ2n) is 9.53. The van der Waals surface area contributed by atoms with Gasteiger partial charge in [-0.25, -0.2) is 0 Å². The molecule has 0 saturated heterocycles. The number of hydrogen-bond donors (Lipinski definition) is 0. The summed E-state index contributed by atoms with van der Waals surface area (Å²) in [5.41, 5.74) is 10.4. The molecule has 2 heteroatoms. The van der Waals surface area contributed by atoms with Crippen LogP contribution in [-0.2, 0) is 0 Å². The predicted octanol–water partition coefficient (Wildman–Crippen LogP) is 8.84. The van der Waals surface area contributed by atoms with Gasteiger partial charge >= 0.3 is 0 Å². The van der Waals surface area contributed by atoms with Gasteiger partial charge in [0.1, 0.15) is 11.5 Å². The Balaban J connectivity index is 2.76. The lowest BCUT2D eigenvalue weighted by Crippen LogP contribution is -2.43. The molecule has 0 saturated carbocycles. The number of fused-ring (bicyclic) bond motifs is 1. The zero-order valence-electron chi connectivity index (χ0n) is 19.8. The highest BCUT2D eigenvalue weighted by Gasteiger charge is 2.42. The Morgan fingerprint density at radius 1 is 0.857 bits per heavy atom. The van der Waals surface area contributed by atoms with Crippen molar-refractivity contribution in [2.24, 2.45) is 0 Å². The molecule has 156 valence electrons. The molecule has 28 heavy (non-hydrogen) atoms. The van der Waals surface area contributed by atoms with Gasteiger partial charge in [0.25, 0.3) is 0 Å². The largest absolute Gasteiger partial charge is 0.457 e. The fourth-order valence-corrected chi connectivity index (χ4v) is 11.1. The van der Waals surface area contributed by atoms with E-state index in [0.29, 0.717) is 16.6 Å². The van der Waals surface area contributed by atoms with Crippen LogP contribution in [0.1, 0.15) is 92.2 Å². The van der Waals surface area contributed by atoms with Crippen LogP contribution in [0.25, 0.3) is 5.57 Å². The fourth-order valence-electron chi connectivity index (χ4n) is 5.36. The average Bonchev–Trinajstić information content (AvgIpc) is 2.61. The fraction of sp³-hybridized carbons (Fsp3) is 0.615. The van der Waals surface area contributed by atoms with Crippen molar-refractivity contribution in [1.82, 2.24) is 0 Å². The van der Waals surface area contributed by atoms with Crippen molar-refractivity contribution in [1.29, 1.82) is 0 Å². The number of benzene rings is 1. The first-order chi connectivity index (χ1) is 13.2. The highest BCUT2D eigenvalue weighted by Crippen LogP contribution is 2.47. The van der Waals surface area contributed by atoms with Gasteiger partial charge in [-0.2, -0.15) is 0 Å². The maximum Gasteiger partial charge on any atom is 0.134 e. The van der Waals surface area contributed by atoms with E-state index in [4.69, 9.17) is 4.74 Å². The van der Waals surface area contributed by atoms with Gasteiger partial charge in [-0.3, -0.25) is 0 Å². The van der Waals surface area contributed by atoms with Crippen LogP contribution in [-0.4, -0.2) is 8.07 Å². The van der Waals surface area contributed by atoms with E-state index in [1.165, 1.54) is 34.5 Å². The van der Waals surface area contributed by atoms with Crippen LogP contribution in [0.4, 0.5) is 0 Å². The van der Waals surface area contributed by atoms with Crippen molar-refractivity contribution < 1.29 is 4.74 Å². The zero-order valence-corrected chi connectivity index (χ0v) is 20.8. The van der Waals surface area contributed by atoms with Gasteiger partial charge < -0.3 is 4.74 Å². The normalized spacial score (nSPS) is 16.4. The van der Waals surface area contributed by atoms with Crippen LogP contribution in [0, 0.1) is 6.92 Å². The molecule has 0 N–H and O–H groups in total. The Morgan fingerprint density at radius 3 is 1.89 bits per heavy atom. The summed E-state index contributed by atoms with van der Waals surface area (Å²) in [6, 6.07) is 6.69. The summed E-state index contributed by atoms with van der Waals surface area (Å²) in [4.78, 5) is 0. The molecule has 1 aromatic carbocycles. The Kier molecular flexibility index (Phi) is 7.78. The van der Waals surface area contributed by atoms with Crippen LogP contribution in [0.2, 0.25) is 16.6 Å². The van der Waals surface area contributed by atoms with Crippen LogP contribution < -0.4 is 4.74 Å². The standard InChI is InChI=1S/C26H42OSi/c1-10-12-22-23(13-11-2)26(27-25-15-14-21(9)16-24(22)25)17-28(18(3)4,19(5)6)20(7)8/h14-20H,10-13H2,1-9H3/b26-17-. The van der Waals surface area contributed by atoms with Crippen LogP contribution in [0.15, 0.2) is 35.2 Å². The maximum absolute atomic E-state index is 6.67. The summed E-state index contributed by atoms with van der Waals surface area (Å²) in [7, 11) is -1.69. The molecule has 1 aliphatic rings. The van der Waals surface area contributed by atoms with Gasteiger partial charge in [0.2, 0.25) is 0 Å². The minimum atomic E-state index is -1.69. The smallest absolute Gasteiger partial charge is 0.134 e. The average molecular weight is 399 g/mol. The third-order valence-corrected chi connectivity index (χ3v) is 13.5. The quantitative estimate of drug-likeness (QED) is 0.397. The van der Waals surface area contributed by atoms with E-state index in [2.05, 4.69) is 86.2 Å². The van der Waals surface area contributed by atoms with Gasteiger partial charge in [-0.05, 0) is 59.7 Å². The summed E-state index contributed by atoms with van der Waals surface area (Å²) in [6.07, 6.45) is 4.56. The molecule has 0 unspecified atom stereocenters. The lowest BCUT2D eigenvalue weighted by Gasteiger charge is -2.42. The minimum Gasteiger partial charge on any atom is -0.457 e. The van der Waals surface area contributed by atoms with E-state index >= 15 is 0 Å². The Bertz CT molecular complexity index is 715. The number of rotatable bonds is 8. The summed E-state index contributed by atoms with van der Waals surface area (Å²) in [5.74, 6) is 2.24. The number of hydrogen-bond acceptors (Lipinski definition) is 1. The second kappa shape index (κ2) is 9.48.